The van der Waals surface area contributed by atoms with Gasteiger partial charge in [0, 0.05) is 23.5 Å². The van der Waals surface area contributed by atoms with Gasteiger partial charge in [-0.05, 0) is 18.9 Å². The summed E-state index contributed by atoms with van der Waals surface area (Å²) >= 11 is 0. The molecule has 0 amide bonds. The van der Waals surface area contributed by atoms with E-state index in [4.69, 9.17) is 5.73 Å². The van der Waals surface area contributed by atoms with Gasteiger partial charge in [0.1, 0.15) is 5.82 Å². The molecule has 1 aliphatic rings. The van der Waals surface area contributed by atoms with Crippen LogP contribution in [-0.4, -0.2) is 4.98 Å². The third kappa shape index (κ3) is 1.42. The lowest BCUT2D eigenvalue weighted by atomic mass is 10.1. The first-order valence-electron chi connectivity index (χ1n) is 3.61. The van der Waals surface area contributed by atoms with Gasteiger partial charge in [0.25, 0.3) is 0 Å². The maximum atomic E-state index is 13.0. The molecule has 0 aromatic carbocycles. The smallest absolute Gasteiger partial charge is 0.131 e. The summed E-state index contributed by atoms with van der Waals surface area (Å²) in [6.45, 7) is 0. The van der Waals surface area contributed by atoms with Crippen LogP contribution in [0, 0.1) is 5.82 Å². The lowest BCUT2D eigenvalue weighted by molar-refractivity contribution is 0.574. The number of hydrogen-bond donors (Lipinski definition) is 1. The van der Waals surface area contributed by atoms with Crippen molar-refractivity contribution < 1.29 is 4.39 Å². The van der Waals surface area contributed by atoms with Crippen molar-refractivity contribution in [1.82, 2.24) is 4.98 Å². The third-order valence-electron chi connectivity index (χ3n) is 2.09. The fourth-order valence-electron chi connectivity index (χ4n) is 1.15. The molecule has 1 aromatic rings. The van der Waals surface area contributed by atoms with Crippen molar-refractivity contribution in [2.75, 3.05) is 0 Å². The Labute approximate surface area is 76.4 Å². The maximum absolute atomic E-state index is 13.0. The molecule has 2 N–H and O–H groups in total. The molecular formula is C8H10ClFN2. The molecule has 0 unspecified atom stereocenters. The Morgan fingerprint density at radius 1 is 1.50 bits per heavy atom. The number of pyridine rings is 1. The van der Waals surface area contributed by atoms with Gasteiger partial charge in [0.05, 0.1) is 0 Å². The van der Waals surface area contributed by atoms with E-state index in [9.17, 15) is 4.39 Å². The summed E-state index contributed by atoms with van der Waals surface area (Å²) in [5.74, 6) is -0.236. The normalized spacial score (nSPS) is 18.2. The average Bonchev–Trinajstić information content (AvgIpc) is 2.70. The highest BCUT2D eigenvalue weighted by molar-refractivity contribution is 5.85. The first kappa shape index (κ1) is 9.42. The summed E-state index contributed by atoms with van der Waals surface area (Å²) in [6, 6.07) is 1.35. The highest BCUT2D eigenvalue weighted by Gasteiger charge is 2.42. The summed E-state index contributed by atoms with van der Waals surface area (Å²) in [7, 11) is 0. The summed E-state index contributed by atoms with van der Waals surface area (Å²) in [5.41, 5.74) is 5.94. The summed E-state index contributed by atoms with van der Waals surface area (Å²) < 4.78 is 13.0. The molecule has 0 spiro atoms. The zero-order valence-electron chi connectivity index (χ0n) is 6.46. The van der Waals surface area contributed by atoms with Gasteiger partial charge in [-0.15, -0.1) is 12.4 Å². The second-order valence-electron chi connectivity index (χ2n) is 3.01. The topological polar surface area (TPSA) is 38.9 Å². The first-order valence-corrected chi connectivity index (χ1v) is 3.61. The molecule has 1 heterocycles. The number of hydrogen-bond acceptors (Lipinski definition) is 2. The van der Waals surface area contributed by atoms with E-state index in [-0.39, 0.29) is 18.2 Å². The predicted octanol–water partition coefficient (Wildman–Crippen LogP) is 1.59. The van der Waals surface area contributed by atoms with E-state index in [2.05, 4.69) is 4.98 Å². The van der Waals surface area contributed by atoms with Crippen molar-refractivity contribution in [2.24, 2.45) is 5.73 Å². The minimum Gasteiger partial charge on any atom is -0.321 e. The zero-order valence-corrected chi connectivity index (χ0v) is 7.27. The molecule has 0 saturated heterocycles. The van der Waals surface area contributed by atoms with Crippen LogP contribution in [0.1, 0.15) is 18.4 Å². The van der Waals surface area contributed by atoms with E-state index in [1.54, 1.807) is 0 Å². The van der Waals surface area contributed by atoms with Crippen molar-refractivity contribution in [1.29, 1.82) is 0 Å². The zero-order chi connectivity index (χ0) is 7.90. The van der Waals surface area contributed by atoms with Crippen LogP contribution in [-0.2, 0) is 5.54 Å². The van der Waals surface area contributed by atoms with E-state index in [0.717, 1.165) is 12.8 Å². The number of nitrogens with zero attached hydrogens (tertiary/aromatic N) is 1. The number of rotatable bonds is 1. The van der Waals surface area contributed by atoms with Crippen LogP contribution >= 0.6 is 12.4 Å². The van der Waals surface area contributed by atoms with Crippen LogP contribution in [0.25, 0.3) is 0 Å². The Morgan fingerprint density at radius 3 is 2.67 bits per heavy atom. The largest absolute Gasteiger partial charge is 0.321 e. The Bertz CT molecular complexity index is 286. The van der Waals surface area contributed by atoms with Crippen molar-refractivity contribution in [3.63, 3.8) is 0 Å². The van der Waals surface area contributed by atoms with Gasteiger partial charge < -0.3 is 5.73 Å². The fourth-order valence-corrected chi connectivity index (χ4v) is 1.15. The van der Waals surface area contributed by atoms with E-state index in [1.165, 1.54) is 18.5 Å². The van der Waals surface area contributed by atoms with Gasteiger partial charge in [-0.2, -0.15) is 0 Å². The molecule has 66 valence electrons. The van der Waals surface area contributed by atoms with Crippen molar-refractivity contribution in [2.45, 2.75) is 18.4 Å². The highest BCUT2D eigenvalue weighted by atomic mass is 35.5. The quantitative estimate of drug-likeness (QED) is 0.727. The second-order valence-corrected chi connectivity index (χ2v) is 3.01. The SMILES string of the molecule is Cl.NC1(c2cnccc2F)CC1. The molecule has 0 bridgehead atoms. The average molecular weight is 189 g/mol. The Hall–Kier alpha value is -0.670. The number of aromatic nitrogens is 1. The van der Waals surface area contributed by atoms with Gasteiger partial charge in [0.2, 0.25) is 0 Å². The molecule has 1 fully saturated rings. The summed E-state index contributed by atoms with van der Waals surface area (Å²) in [6.07, 6.45) is 4.69. The van der Waals surface area contributed by atoms with Gasteiger partial charge >= 0.3 is 0 Å². The Balaban J connectivity index is 0.000000720. The minimum absolute atomic E-state index is 0. The molecule has 4 heteroatoms. The summed E-state index contributed by atoms with van der Waals surface area (Å²) in [5, 5.41) is 0. The number of halogens is 2. The number of nitrogens with two attached hydrogens (primary N) is 1. The molecule has 2 rings (SSSR count). The fraction of sp³-hybridized carbons (Fsp3) is 0.375. The monoisotopic (exact) mass is 188 g/mol. The van der Waals surface area contributed by atoms with E-state index >= 15 is 0 Å². The lowest BCUT2D eigenvalue weighted by Crippen LogP contribution is -2.20. The Morgan fingerprint density at radius 2 is 2.17 bits per heavy atom. The molecule has 0 atom stereocenters. The van der Waals surface area contributed by atoms with Crippen LogP contribution in [0.15, 0.2) is 18.5 Å². The van der Waals surface area contributed by atoms with Crippen molar-refractivity contribution >= 4 is 12.4 Å². The molecule has 0 radical (unpaired) electrons. The van der Waals surface area contributed by atoms with E-state index in [0.29, 0.717) is 5.56 Å². The molecule has 12 heavy (non-hydrogen) atoms. The van der Waals surface area contributed by atoms with Crippen LogP contribution in [0.4, 0.5) is 4.39 Å². The van der Waals surface area contributed by atoms with Crippen LogP contribution in [0.2, 0.25) is 0 Å². The van der Waals surface area contributed by atoms with Gasteiger partial charge in [-0.1, -0.05) is 0 Å². The second kappa shape index (κ2) is 2.99. The van der Waals surface area contributed by atoms with Gasteiger partial charge in [0.15, 0.2) is 0 Å². The maximum Gasteiger partial charge on any atom is 0.131 e. The molecule has 0 aliphatic heterocycles. The molecule has 1 aliphatic carbocycles. The lowest BCUT2D eigenvalue weighted by Gasteiger charge is -2.07. The van der Waals surface area contributed by atoms with Gasteiger partial charge in [-0.3, -0.25) is 4.98 Å². The van der Waals surface area contributed by atoms with E-state index in [1.807, 2.05) is 0 Å². The third-order valence-corrected chi connectivity index (χ3v) is 2.09. The summed E-state index contributed by atoms with van der Waals surface area (Å²) in [4.78, 5) is 3.83. The molecule has 1 saturated carbocycles. The van der Waals surface area contributed by atoms with Crippen molar-refractivity contribution in [3.8, 4) is 0 Å². The Kier molecular flexibility index (Phi) is 2.35. The van der Waals surface area contributed by atoms with E-state index < -0.39 is 5.54 Å². The first-order chi connectivity index (χ1) is 5.22. The standard InChI is InChI=1S/C8H9FN2.ClH/c9-7-1-4-11-5-6(7)8(10)2-3-8;/h1,4-5H,2-3,10H2;1H. The minimum atomic E-state index is -0.404. The van der Waals surface area contributed by atoms with Crippen LogP contribution < -0.4 is 5.73 Å². The molecular weight excluding hydrogens is 179 g/mol. The molecule has 1 aromatic heterocycles. The molecule has 2 nitrogen and oxygen atoms in total. The van der Waals surface area contributed by atoms with Gasteiger partial charge in [-0.25, -0.2) is 4.39 Å². The predicted molar refractivity (Wildman–Crippen MR) is 46.5 cm³/mol. The van der Waals surface area contributed by atoms with Crippen LogP contribution in [0.3, 0.4) is 0 Å². The van der Waals surface area contributed by atoms with Crippen molar-refractivity contribution in [3.05, 3.63) is 29.8 Å². The highest BCUT2D eigenvalue weighted by Crippen LogP contribution is 2.43. The van der Waals surface area contributed by atoms with Crippen LogP contribution in [0.5, 0.6) is 0 Å².